The van der Waals surface area contributed by atoms with Crippen LogP contribution in [0.4, 0.5) is 5.82 Å². The third kappa shape index (κ3) is 4.11. The molecule has 0 unspecified atom stereocenters. The van der Waals surface area contributed by atoms with Gasteiger partial charge in [-0.2, -0.15) is 11.8 Å². The highest BCUT2D eigenvalue weighted by atomic mass is 32.2. The van der Waals surface area contributed by atoms with Crippen LogP contribution in [0, 0.1) is 13.8 Å². The van der Waals surface area contributed by atoms with Crippen LogP contribution in [0.25, 0.3) is 10.9 Å². The number of aryl methyl sites for hydroxylation is 2. The lowest BCUT2D eigenvalue weighted by molar-refractivity contribution is 0.638. The van der Waals surface area contributed by atoms with E-state index in [9.17, 15) is 0 Å². The molecular weight excluding hydrogens is 350 g/mol. The second-order valence-electron chi connectivity index (χ2n) is 7.56. The zero-order valence-electron chi connectivity index (χ0n) is 16.3. The molecule has 3 nitrogen and oxygen atoms in total. The van der Waals surface area contributed by atoms with Gasteiger partial charge in [-0.3, -0.25) is 0 Å². The predicted molar refractivity (Wildman–Crippen MR) is 117 cm³/mol. The van der Waals surface area contributed by atoms with Crippen LogP contribution < -0.4 is 5.32 Å². The van der Waals surface area contributed by atoms with Crippen LogP contribution in [-0.4, -0.2) is 21.5 Å². The summed E-state index contributed by atoms with van der Waals surface area (Å²) in [5.74, 6) is 4.95. The fourth-order valence-electron chi connectivity index (χ4n) is 3.88. The molecule has 1 aliphatic rings. The van der Waals surface area contributed by atoms with Gasteiger partial charge in [-0.15, -0.1) is 0 Å². The average Bonchev–Trinajstić information content (AvgIpc) is 2.68. The summed E-state index contributed by atoms with van der Waals surface area (Å²) < 4.78 is 0. The van der Waals surface area contributed by atoms with Crippen molar-refractivity contribution in [3.05, 3.63) is 65.0 Å². The van der Waals surface area contributed by atoms with E-state index in [-0.39, 0.29) is 6.04 Å². The van der Waals surface area contributed by atoms with Gasteiger partial charge in [0, 0.05) is 11.4 Å². The lowest BCUT2D eigenvalue weighted by atomic mass is 9.92. The third-order valence-electron chi connectivity index (χ3n) is 5.42. The monoisotopic (exact) mass is 377 g/mol. The average molecular weight is 378 g/mol. The Morgan fingerprint density at radius 3 is 2.63 bits per heavy atom. The van der Waals surface area contributed by atoms with E-state index in [2.05, 4.69) is 78.4 Å². The van der Waals surface area contributed by atoms with Crippen LogP contribution in [0.15, 0.2) is 42.5 Å². The van der Waals surface area contributed by atoms with Gasteiger partial charge < -0.3 is 5.32 Å². The molecular formula is C23H27N3S. The minimum atomic E-state index is 0.192. The van der Waals surface area contributed by atoms with E-state index in [0.717, 1.165) is 22.5 Å². The molecule has 3 aromatic rings. The third-order valence-corrected chi connectivity index (χ3v) is 6.47. The molecule has 140 valence electrons. The van der Waals surface area contributed by atoms with Crippen molar-refractivity contribution in [3.8, 4) is 0 Å². The highest BCUT2D eigenvalue weighted by molar-refractivity contribution is 7.99. The molecule has 0 spiro atoms. The number of hydrogen-bond acceptors (Lipinski definition) is 4. The van der Waals surface area contributed by atoms with E-state index >= 15 is 0 Å². The smallest absolute Gasteiger partial charge is 0.138 e. The van der Waals surface area contributed by atoms with Crippen molar-refractivity contribution in [2.45, 2.75) is 45.6 Å². The maximum absolute atomic E-state index is 4.75. The fourth-order valence-corrected chi connectivity index (χ4v) is 4.99. The van der Waals surface area contributed by atoms with Gasteiger partial charge in [0.25, 0.3) is 0 Å². The Kier molecular flexibility index (Phi) is 5.35. The normalized spacial score (nSPS) is 16.4. The fraction of sp³-hybridized carbons (Fsp3) is 0.391. The van der Waals surface area contributed by atoms with Crippen molar-refractivity contribution in [1.29, 1.82) is 0 Å². The highest BCUT2D eigenvalue weighted by Crippen LogP contribution is 2.34. The molecule has 0 radical (unpaired) electrons. The standard InChI is InChI=1S/C23H27N3S/c1-15-5-4-6-19(13-15)16(2)24-23-21-14-20(18-9-11-27-12-10-18)7-8-22(21)25-17(3)26-23/h4-8,13-14,16,18H,9-12H2,1-3H3,(H,24,25,26)/t16-/m1/s1. The lowest BCUT2D eigenvalue weighted by Crippen LogP contribution is -2.11. The summed E-state index contributed by atoms with van der Waals surface area (Å²) >= 11 is 2.07. The zero-order valence-corrected chi connectivity index (χ0v) is 17.1. The van der Waals surface area contributed by atoms with Crippen molar-refractivity contribution >= 4 is 28.5 Å². The van der Waals surface area contributed by atoms with Crippen LogP contribution >= 0.6 is 11.8 Å². The number of fused-ring (bicyclic) bond motifs is 1. The first-order valence-corrected chi connectivity index (χ1v) is 10.9. The number of rotatable bonds is 4. The minimum absolute atomic E-state index is 0.192. The second-order valence-corrected chi connectivity index (χ2v) is 8.79. The van der Waals surface area contributed by atoms with Crippen LogP contribution in [0.5, 0.6) is 0 Å². The summed E-state index contributed by atoms with van der Waals surface area (Å²) in [5, 5.41) is 4.78. The lowest BCUT2D eigenvalue weighted by Gasteiger charge is -2.23. The number of nitrogens with one attached hydrogen (secondary N) is 1. The summed E-state index contributed by atoms with van der Waals surface area (Å²) in [7, 11) is 0. The minimum Gasteiger partial charge on any atom is -0.363 e. The Balaban J connectivity index is 1.69. The van der Waals surface area contributed by atoms with Crippen LogP contribution in [-0.2, 0) is 0 Å². The highest BCUT2D eigenvalue weighted by Gasteiger charge is 2.18. The van der Waals surface area contributed by atoms with Gasteiger partial charge in [0.2, 0.25) is 0 Å². The number of thioether (sulfide) groups is 1. The van der Waals surface area contributed by atoms with Crippen molar-refractivity contribution in [1.82, 2.24) is 9.97 Å². The van der Waals surface area contributed by atoms with Gasteiger partial charge in [-0.05, 0) is 74.3 Å². The van der Waals surface area contributed by atoms with Gasteiger partial charge in [-0.1, -0.05) is 35.9 Å². The molecule has 0 bridgehead atoms. The Labute approximate surface area is 166 Å². The summed E-state index contributed by atoms with van der Waals surface area (Å²) in [5.41, 5.74) is 5.01. The predicted octanol–water partition coefficient (Wildman–Crippen LogP) is 6.03. The number of hydrogen-bond donors (Lipinski definition) is 1. The Morgan fingerprint density at radius 2 is 1.85 bits per heavy atom. The summed E-state index contributed by atoms with van der Waals surface area (Å²) in [6, 6.07) is 15.6. The van der Waals surface area contributed by atoms with Gasteiger partial charge >= 0.3 is 0 Å². The molecule has 0 amide bonds. The molecule has 4 rings (SSSR count). The number of anilines is 1. The molecule has 1 saturated heterocycles. The quantitative estimate of drug-likeness (QED) is 0.602. The first kappa shape index (κ1) is 18.3. The van der Waals surface area contributed by atoms with E-state index in [0.29, 0.717) is 5.92 Å². The molecule has 4 heteroatoms. The molecule has 1 N–H and O–H groups in total. The van der Waals surface area contributed by atoms with Crippen molar-refractivity contribution < 1.29 is 0 Å². The largest absolute Gasteiger partial charge is 0.363 e. The van der Waals surface area contributed by atoms with Gasteiger partial charge in [0.1, 0.15) is 11.6 Å². The summed E-state index contributed by atoms with van der Waals surface area (Å²) in [6.07, 6.45) is 2.54. The molecule has 2 heterocycles. The molecule has 0 saturated carbocycles. The first-order valence-electron chi connectivity index (χ1n) is 9.79. The zero-order chi connectivity index (χ0) is 18.8. The Hall–Kier alpha value is -2.07. The second kappa shape index (κ2) is 7.89. The van der Waals surface area contributed by atoms with Crippen LogP contribution in [0.2, 0.25) is 0 Å². The Bertz CT molecular complexity index is 948. The van der Waals surface area contributed by atoms with Gasteiger partial charge in [0.15, 0.2) is 0 Å². The van der Waals surface area contributed by atoms with Crippen molar-refractivity contribution in [2.75, 3.05) is 16.8 Å². The van der Waals surface area contributed by atoms with E-state index in [1.807, 2.05) is 6.92 Å². The van der Waals surface area contributed by atoms with E-state index in [1.165, 1.54) is 41.0 Å². The van der Waals surface area contributed by atoms with E-state index in [4.69, 9.17) is 4.98 Å². The topological polar surface area (TPSA) is 37.8 Å². The van der Waals surface area contributed by atoms with E-state index < -0.39 is 0 Å². The number of benzene rings is 2. The maximum atomic E-state index is 4.75. The number of nitrogens with zero attached hydrogens (tertiary/aromatic N) is 2. The maximum Gasteiger partial charge on any atom is 0.138 e. The van der Waals surface area contributed by atoms with Crippen LogP contribution in [0.3, 0.4) is 0 Å². The molecule has 1 fully saturated rings. The molecule has 2 aromatic carbocycles. The van der Waals surface area contributed by atoms with Crippen LogP contribution in [0.1, 0.15) is 54.2 Å². The Morgan fingerprint density at radius 1 is 1.04 bits per heavy atom. The molecule has 1 aliphatic heterocycles. The molecule has 1 aromatic heterocycles. The van der Waals surface area contributed by atoms with E-state index in [1.54, 1.807) is 0 Å². The molecule has 27 heavy (non-hydrogen) atoms. The first-order chi connectivity index (χ1) is 13.1. The number of aromatic nitrogens is 2. The molecule has 0 aliphatic carbocycles. The van der Waals surface area contributed by atoms with Gasteiger partial charge in [-0.25, -0.2) is 9.97 Å². The molecule has 1 atom stereocenters. The summed E-state index contributed by atoms with van der Waals surface area (Å²) in [6.45, 7) is 6.30. The summed E-state index contributed by atoms with van der Waals surface area (Å²) in [4.78, 5) is 9.41. The van der Waals surface area contributed by atoms with Crippen molar-refractivity contribution in [2.24, 2.45) is 0 Å². The SMILES string of the molecule is Cc1cccc([C@@H](C)Nc2nc(C)nc3ccc(C4CCSCC4)cc23)c1. The van der Waals surface area contributed by atoms with Crippen molar-refractivity contribution in [3.63, 3.8) is 0 Å². The van der Waals surface area contributed by atoms with Gasteiger partial charge in [0.05, 0.1) is 5.52 Å².